The summed E-state index contributed by atoms with van der Waals surface area (Å²) in [4.78, 5) is 22.5. The zero-order valence-corrected chi connectivity index (χ0v) is 17.4. The first-order chi connectivity index (χ1) is 15.1. The summed E-state index contributed by atoms with van der Waals surface area (Å²) >= 11 is 1.27. The molecule has 2 aromatic carbocycles. The van der Waals surface area contributed by atoms with Gasteiger partial charge >= 0.3 is 0 Å². The molecule has 3 aromatic rings. The molecule has 1 N–H and O–H groups in total. The van der Waals surface area contributed by atoms with Crippen LogP contribution in [0, 0.1) is 12.7 Å². The molecule has 154 valence electrons. The predicted molar refractivity (Wildman–Crippen MR) is 117 cm³/mol. The molecular formula is C23H18FN5OS. The van der Waals surface area contributed by atoms with Crippen LogP contribution in [0.5, 0.6) is 0 Å². The summed E-state index contributed by atoms with van der Waals surface area (Å²) in [5.41, 5.74) is 2.52. The number of fused-ring (bicyclic) bond motifs is 2. The number of carbonyl (C=O) groups excluding carboxylic acids is 1. The fourth-order valence-electron chi connectivity index (χ4n) is 3.55. The van der Waals surface area contributed by atoms with E-state index in [1.165, 1.54) is 17.8 Å². The number of hydrazone groups is 1. The Morgan fingerprint density at radius 1 is 1.06 bits per heavy atom. The van der Waals surface area contributed by atoms with Gasteiger partial charge in [-0.15, -0.1) is 5.10 Å². The first-order valence-electron chi connectivity index (χ1n) is 9.76. The summed E-state index contributed by atoms with van der Waals surface area (Å²) < 4.78 is 14.0. The Hall–Kier alpha value is -3.52. The van der Waals surface area contributed by atoms with Crippen molar-refractivity contribution in [1.29, 1.82) is 0 Å². The molecule has 3 heterocycles. The van der Waals surface area contributed by atoms with Crippen LogP contribution in [0.15, 0.2) is 76.8 Å². The zero-order chi connectivity index (χ0) is 21.4. The molecule has 2 aliphatic rings. The Morgan fingerprint density at radius 3 is 2.71 bits per heavy atom. The fourth-order valence-corrected chi connectivity index (χ4v) is 4.39. The van der Waals surface area contributed by atoms with Crippen molar-refractivity contribution in [2.75, 3.05) is 0 Å². The number of hydrogen-bond donors (Lipinski definition) is 1. The molecular weight excluding hydrogens is 413 g/mol. The van der Waals surface area contributed by atoms with Gasteiger partial charge in [-0.05, 0) is 36.8 Å². The van der Waals surface area contributed by atoms with Gasteiger partial charge in [0.25, 0.3) is 5.91 Å². The number of halogens is 1. The van der Waals surface area contributed by atoms with Crippen molar-refractivity contribution < 1.29 is 9.18 Å². The minimum atomic E-state index is -0.570. The second-order valence-electron chi connectivity index (χ2n) is 7.16. The highest BCUT2D eigenvalue weighted by Crippen LogP contribution is 2.30. The number of aryl methyl sites for hydroxylation is 1. The van der Waals surface area contributed by atoms with E-state index in [1.54, 1.807) is 23.2 Å². The Morgan fingerprint density at radius 2 is 1.87 bits per heavy atom. The molecule has 0 spiro atoms. The second kappa shape index (κ2) is 7.96. The average molecular weight is 431 g/mol. The molecule has 1 amide bonds. The molecule has 31 heavy (non-hydrogen) atoms. The van der Waals surface area contributed by atoms with Gasteiger partial charge in [0.2, 0.25) is 0 Å². The Bertz CT molecular complexity index is 1340. The van der Waals surface area contributed by atoms with Crippen molar-refractivity contribution in [3.8, 4) is 0 Å². The highest BCUT2D eigenvalue weighted by Gasteiger charge is 2.35. The molecule has 0 saturated heterocycles. The number of carbonyl (C=O) groups is 1. The average Bonchev–Trinajstić information content (AvgIpc) is 2.78. The van der Waals surface area contributed by atoms with Crippen LogP contribution in [0.4, 0.5) is 4.39 Å². The van der Waals surface area contributed by atoms with E-state index >= 15 is 0 Å². The van der Waals surface area contributed by atoms with Gasteiger partial charge in [0.15, 0.2) is 11.3 Å². The van der Waals surface area contributed by atoms with Gasteiger partial charge in [-0.3, -0.25) is 20.1 Å². The summed E-state index contributed by atoms with van der Waals surface area (Å²) in [7, 11) is 0. The number of nitrogens with zero attached hydrogens (tertiary/aromatic N) is 4. The van der Waals surface area contributed by atoms with E-state index in [2.05, 4.69) is 15.4 Å². The van der Waals surface area contributed by atoms with E-state index in [1.807, 2.05) is 49.4 Å². The minimum Gasteiger partial charge on any atom is -0.298 e. The maximum Gasteiger partial charge on any atom is 0.276 e. The molecule has 0 radical (unpaired) electrons. The minimum absolute atomic E-state index is 0.272. The first kappa shape index (κ1) is 19.4. The first-order valence-corrected chi connectivity index (χ1v) is 10.7. The summed E-state index contributed by atoms with van der Waals surface area (Å²) in [5.74, 6) is -0.212. The molecule has 5 rings (SSSR count). The van der Waals surface area contributed by atoms with Crippen molar-refractivity contribution in [1.82, 2.24) is 15.3 Å². The van der Waals surface area contributed by atoms with Crippen LogP contribution in [0.3, 0.4) is 0 Å². The second-order valence-corrected chi connectivity index (χ2v) is 8.12. The number of pyridine rings is 1. The van der Waals surface area contributed by atoms with E-state index in [9.17, 15) is 9.18 Å². The van der Waals surface area contributed by atoms with Crippen molar-refractivity contribution in [2.24, 2.45) is 10.1 Å². The van der Waals surface area contributed by atoms with E-state index in [0.29, 0.717) is 33.1 Å². The van der Waals surface area contributed by atoms with Crippen LogP contribution >= 0.6 is 11.8 Å². The summed E-state index contributed by atoms with van der Waals surface area (Å²) in [5, 5.41) is 11.0. The monoisotopic (exact) mass is 431 g/mol. The van der Waals surface area contributed by atoms with Crippen LogP contribution in [0.1, 0.15) is 23.1 Å². The quantitative estimate of drug-likeness (QED) is 0.692. The van der Waals surface area contributed by atoms with E-state index in [0.717, 1.165) is 11.1 Å². The van der Waals surface area contributed by atoms with Crippen LogP contribution in [0.25, 0.3) is 5.70 Å². The van der Waals surface area contributed by atoms with E-state index in [-0.39, 0.29) is 11.7 Å². The number of para-hydroxylation sites is 1. The SMILES string of the molecule is Cc1cccc([C@@H]2N=c3ccccc3=C3C(=O)NC(SCc4ccccc4F)=NN32)n1. The smallest absolute Gasteiger partial charge is 0.276 e. The van der Waals surface area contributed by atoms with Gasteiger partial charge in [-0.25, -0.2) is 9.40 Å². The largest absolute Gasteiger partial charge is 0.298 e. The number of benzene rings is 2. The number of aromatic nitrogens is 1. The Balaban J connectivity index is 1.57. The topological polar surface area (TPSA) is 70.0 Å². The van der Waals surface area contributed by atoms with Gasteiger partial charge in [0.1, 0.15) is 11.5 Å². The Labute approximate surface area is 182 Å². The maximum absolute atomic E-state index is 14.0. The van der Waals surface area contributed by atoms with Crippen LogP contribution in [-0.2, 0) is 10.5 Å². The summed E-state index contributed by atoms with van der Waals surface area (Å²) in [6, 6.07) is 19.8. The van der Waals surface area contributed by atoms with Crippen molar-refractivity contribution in [3.05, 3.63) is 100 Å². The summed E-state index contributed by atoms with van der Waals surface area (Å²) in [6.45, 7) is 1.91. The normalized spacial score (nSPS) is 17.3. The van der Waals surface area contributed by atoms with Crippen LogP contribution < -0.4 is 15.9 Å². The number of amidine groups is 1. The molecule has 1 aromatic heterocycles. The van der Waals surface area contributed by atoms with Crippen molar-refractivity contribution in [2.45, 2.75) is 18.8 Å². The fraction of sp³-hybridized carbons (Fsp3) is 0.130. The molecule has 0 saturated carbocycles. The molecule has 0 unspecified atom stereocenters. The predicted octanol–water partition coefficient (Wildman–Crippen LogP) is 2.61. The molecule has 0 bridgehead atoms. The molecule has 2 aliphatic heterocycles. The zero-order valence-electron chi connectivity index (χ0n) is 16.6. The third-order valence-corrected chi connectivity index (χ3v) is 5.92. The van der Waals surface area contributed by atoms with Crippen molar-refractivity contribution in [3.63, 3.8) is 0 Å². The van der Waals surface area contributed by atoms with Gasteiger partial charge in [-0.2, -0.15) is 0 Å². The standard InChI is InChI=1S/C23H18FN5OS/c1-14-7-6-12-19(25-14)21-26-18-11-5-3-9-16(18)20-22(30)27-23(28-29(20)21)31-13-15-8-2-4-10-17(15)24/h2-12,21H,13H2,1H3,(H,27,28,30)/t21-/m1/s1. The molecule has 0 fully saturated rings. The van der Waals surface area contributed by atoms with Crippen molar-refractivity contribution >= 4 is 28.5 Å². The third kappa shape index (κ3) is 3.70. The van der Waals surface area contributed by atoms with E-state index in [4.69, 9.17) is 4.99 Å². The third-order valence-electron chi connectivity index (χ3n) is 5.01. The lowest BCUT2D eigenvalue weighted by Gasteiger charge is -2.33. The highest BCUT2D eigenvalue weighted by atomic mass is 32.2. The lowest BCUT2D eigenvalue weighted by molar-refractivity contribution is -0.116. The Kier molecular flexibility index (Phi) is 4.99. The van der Waals surface area contributed by atoms with Gasteiger partial charge in [-0.1, -0.05) is 54.2 Å². The summed E-state index contributed by atoms with van der Waals surface area (Å²) in [6.07, 6.45) is -0.570. The van der Waals surface area contributed by atoms with Crippen LogP contribution in [-0.4, -0.2) is 21.1 Å². The lowest BCUT2D eigenvalue weighted by atomic mass is 10.1. The maximum atomic E-state index is 14.0. The van der Waals surface area contributed by atoms with E-state index < -0.39 is 6.17 Å². The molecule has 8 heteroatoms. The molecule has 1 atom stereocenters. The van der Waals surface area contributed by atoms with Gasteiger partial charge in [0, 0.05) is 16.7 Å². The lowest BCUT2D eigenvalue weighted by Crippen LogP contribution is -2.50. The molecule has 0 aliphatic carbocycles. The number of hydrogen-bond acceptors (Lipinski definition) is 6. The number of thioether (sulfide) groups is 1. The highest BCUT2D eigenvalue weighted by molar-refractivity contribution is 8.13. The van der Waals surface area contributed by atoms with Gasteiger partial charge in [0.05, 0.1) is 11.1 Å². The van der Waals surface area contributed by atoms with Crippen LogP contribution in [0.2, 0.25) is 0 Å². The van der Waals surface area contributed by atoms with Gasteiger partial charge < -0.3 is 0 Å². The number of nitrogens with one attached hydrogen (secondary N) is 1. The molecule has 6 nitrogen and oxygen atoms in total. The number of amides is 1. The number of rotatable bonds is 3.